The number of thiophene rings is 1. The molecular formula is C24H14N2S. The lowest BCUT2D eigenvalue weighted by Gasteiger charge is -2.06. The van der Waals surface area contributed by atoms with E-state index in [4.69, 9.17) is 5.26 Å². The van der Waals surface area contributed by atoms with Gasteiger partial charge in [-0.1, -0.05) is 42.5 Å². The highest BCUT2D eigenvalue weighted by Gasteiger charge is 2.08. The molecule has 2 aromatic heterocycles. The van der Waals surface area contributed by atoms with Crippen LogP contribution in [0.4, 0.5) is 0 Å². The molecule has 126 valence electrons. The maximum Gasteiger partial charge on any atom is 0.0992 e. The molecule has 0 bridgehead atoms. The van der Waals surface area contributed by atoms with Crippen LogP contribution in [0.15, 0.2) is 85.1 Å². The van der Waals surface area contributed by atoms with Crippen molar-refractivity contribution in [1.82, 2.24) is 4.98 Å². The second-order valence-electron chi connectivity index (χ2n) is 6.43. The van der Waals surface area contributed by atoms with Gasteiger partial charge >= 0.3 is 0 Å². The highest BCUT2D eigenvalue weighted by atomic mass is 32.1. The van der Waals surface area contributed by atoms with Gasteiger partial charge in [0.2, 0.25) is 0 Å². The standard InChI is InChI=1S/C24H14N2S/c25-15-16-10-11-26-22(12-16)19-5-3-4-17(13-19)18-8-9-24-21(14-18)20-6-1-2-7-23(20)27-24/h1-14H. The summed E-state index contributed by atoms with van der Waals surface area (Å²) in [7, 11) is 0. The molecule has 5 aromatic rings. The van der Waals surface area contributed by atoms with Crippen molar-refractivity contribution in [2.75, 3.05) is 0 Å². The topological polar surface area (TPSA) is 36.7 Å². The van der Waals surface area contributed by atoms with Crippen molar-refractivity contribution >= 4 is 31.5 Å². The van der Waals surface area contributed by atoms with E-state index in [9.17, 15) is 0 Å². The molecule has 0 aliphatic carbocycles. The van der Waals surface area contributed by atoms with E-state index in [1.54, 1.807) is 12.3 Å². The zero-order chi connectivity index (χ0) is 18.2. The van der Waals surface area contributed by atoms with Crippen LogP contribution in [-0.4, -0.2) is 4.98 Å². The molecule has 0 amide bonds. The number of pyridine rings is 1. The number of aromatic nitrogens is 1. The minimum absolute atomic E-state index is 0.622. The van der Waals surface area contributed by atoms with Crippen molar-refractivity contribution in [3.63, 3.8) is 0 Å². The van der Waals surface area contributed by atoms with Crippen molar-refractivity contribution in [1.29, 1.82) is 5.26 Å². The van der Waals surface area contributed by atoms with E-state index in [0.717, 1.165) is 16.8 Å². The number of benzene rings is 3. The van der Waals surface area contributed by atoms with Gasteiger partial charge in [-0.3, -0.25) is 4.98 Å². The average Bonchev–Trinajstić information content (AvgIpc) is 3.12. The summed E-state index contributed by atoms with van der Waals surface area (Å²) in [5, 5.41) is 11.7. The molecule has 0 aliphatic heterocycles. The van der Waals surface area contributed by atoms with Gasteiger partial charge < -0.3 is 0 Å². The normalized spacial score (nSPS) is 10.9. The summed E-state index contributed by atoms with van der Waals surface area (Å²) in [6.07, 6.45) is 1.68. The van der Waals surface area contributed by atoms with Crippen LogP contribution >= 0.6 is 11.3 Å². The Hall–Kier alpha value is -3.48. The fourth-order valence-corrected chi connectivity index (χ4v) is 4.51. The first kappa shape index (κ1) is 15.7. The zero-order valence-corrected chi connectivity index (χ0v) is 15.2. The molecule has 0 N–H and O–H groups in total. The van der Waals surface area contributed by atoms with Gasteiger partial charge in [-0.05, 0) is 47.5 Å². The highest BCUT2D eigenvalue weighted by molar-refractivity contribution is 7.25. The monoisotopic (exact) mass is 362 g/mol. The lowest BCUT2D eigenvalue weighted by molar-refractivity contribution is 1.31. The summed E-state index contributed by atoms with van der Waals surface area (Å²) >= 11 is 1.83. The van der Waals surface area contributed by atoms with Gasteiger partial charge in [0.05, 0.1) is 17.3 Å². The van der Waals surface area contributed by atoms with E-state index >= 15 is 0 Å². The largest absolute Gasteiger partial charge is 0.256 e. The van der Waals surface area contributed by atoms with Crippen LogP contribution in [0.1, 0.15) is 5.56 Å². The van der Waals surface area contributed by atoms with Crippen molar-refractivity contribution in [2.24, 2.45) is 0 Å². The average molecular weight is 362 g/mol. The van der Waals surface area contributed by atoms with Crippen molar-refractivity contribution in [3.8, 4) is 28.5 Å². The fraction of sp³-hybridized carbons (Fsp3) is 0. The summed E-state index contributed by atoms with van der Waals surface area (Å²) in [5.41, 5.74) is 4.78. The third-order valence-electron chi connectivity index (χ3n) is 4.76. The summed E-state index contributed by atoms with van der Waals surface area (Å²) in [6.45, 7) is 0. The number of hydrogen-bond acceptors (Lipinski definition) is 3. The van der Waals surface area contributed by atoms with Crippen molar-refractivity contribution in [2.45, 2.75) is 0 Å². The molecule has 5 rings (SSSR count). The Labute approximate surface area is 161 Å². The molecule has 3 heteroatoms. The van der Waals surface area contributed by atoms with E-state index in [1.807, 2.05) is 29.5 Å². The minimum atomic E-state index is 0.622. The van der Waals surface area contributed by atoms with Crippen LogP contribution in [0.25, 0.3) is 42.6 Å². The molecule has 0 saturated carbocycles. The first-order chi connectivity index (χ1) is 13.3. The highest BCUT2D eigenvalue weighted by Crippen LogP contribution is 2.36. The van der Waals surface area contributed by atoms with Crippen LogP contribution < -0.4 is 0 Å². The predicted octanol–water partition coefficient (Wildman–Crippen LogP) is 6.66. The molecule has 3 aromatic carbocycles. The molecule has 0 atom stereocenters. The molecule has 0 saturated heterocycles. The number of rotatable bonds is 2. The molecular weight excluding hydrogens is 348 g/mol. The molecule has 0 unspecified atom stereocenters. The Morgan fingerprint density at radius 1 is 0.704 bits per heavy atom. The predicted molar refractivity (Wildman–Crippen MR) is 113 cm³/mol. The Morgan fingerprint density at radius 2 is 1.52 bits per heavy atom. The minimum Gasteiger partial charge on any atom is -0.256 e. The number of nitriles is 1. The Kier molecular flexibility index (Phi) is 3.71. The van der Waals surface area contributed by atoms with E-state index in [0.29, 0.717) is 5.56 Å². The maximum atomic E-state index is 9.13. The third-order valence-corrected chi connectivity index (χ3v) is 5.91. The first-order valence-electron chi connectivity index (χ1n) is 8.70. The van der Waals surface area contributed by atoms with Crippen LogP contribution in [0.5, 0.6) is 0 Å². The second kappa shape index (κ2) is 6.35. The van der Waals surface area contributed by atoms with Crippen molar-refractivity contribution < 1.29 is 0 Å². The zero-order valence-electron chi connectivity index (χ0n) is 14.4. The number of nitrogens with zero attached hydrogens (tertiary/aromatic N) is 2. The Bertz CT molecular complexity index is 1340. The Balaban J connectivity index is 1.64. The molecule has 0 fully saturated rings. The number of hydrogen-bond donors (Lipinski definition) is 0. The molecule has 0 spiro atoms. The smallest absolute Gasteiger partial charge is 0.0992 e. The van der Waals surface area contributed by atoms with Crippen LogP contribution in [0.2, 0.25) is 0 Å². The lowest BCUT2D eigenvalue weighted by Crippen LogP contribution is -1.86. The van der Waals surface area contributed by atoms with Gasteiger partial charge in [-0.25, -0.2) is 0 Å². The van der Waals surface area contributed by atoms with Crippen molar-refractivity contribution in [3.05, 3.63) is 90.6 Å². The quantitative estimate of drug-likeness (QED) is 0.352. The van der Waals surface area contributed by atoms with Crippen LogP contribution in [-0.2, 0) is 0 Å². The summed E-state index contributed by atoms with van der Waals surface area (Å²) < 4.78 is 2.62. The van der Waals surface area contributed by atoms with Crippen LogP contribution in [0, 0.1) is 11.3 Å². The van der Waals surface area contributed by atoms with E-state index < -0.39 is 0 Å². The van der Waals surface area contributed by atoms with Crippen LogP contribution in [0.3, 0.4) is 0 Å². The summed E-state index contributed by atoms with van der Waals surface area (Å²) in [4.78, 5) is 4.43. The SMILES string of the molecule is N#Cc1ccnc(-c2cccc(-c3ccc4sc5ccccc5c4c3)c2)c1. The molecule has 0 radical (unpaired) electrons. The molecule has 2 heterocycles. The fourth-order valence-electron chi connectivity index (χ4n) is 3.42. The number of fused-ring (bicyclic) bond motifs is 3. The summed E-state index contributed by atoms with van der Waals surface area (Å²) in [6, 6.07) is 29.3. The van der Waals surface area contributed by atoms with Gasteiger partial charge in [0.15, 0.2) is 0 Å². The van der Waals surface area contributed by atoms with E-state index in [1.165, 1.54) is 25.7 Å². The van der Waals surface area contributed by atoms with Gasteiger partial charge in [0.1, 0.15) is 0 Å². The van der Waals surface area contributed by atoms with Gasteiger partial charge in [-0.15, -0.1) is 11.3 Å². The maximum absolute atomic E-state index is 9.13. The second-order valence-corrected chi connectivity index (χ2v) is 7.52. The first-order valence-corrected chi connectivity index (χ1v) is 9.52. The molecule has 2 nitrogen and oxygen atoms in total. The molecule has 27 heavy (non-hydrogen) atoms. The van der Waals surface area contributed by atoms with Gasteiger partial charge in [-0.2, -0.15) is 5.26 Å². The molecule has 0 aliphatic rings. The van der Waals surface area contributed by atoms with Gasteiger partial charge in [0, 0.05) is 31.9 Å². The van der Waals surface area contributed by atoms with Gasteiger partial charge in [0.25, 0.3) is 0 Å². The third kappa shape index (κ3) is 2.77. The van der Waals surface area contributed by atoms with E-state index in [2.05, 4.69) is 65.7 Å². The Morgan fingerprint density at radius 3 is 2.44 bits per heavy atom. The lowest BCUT2D eigenvalue weighted by atomic mass is 9.99. The summed E-state index contributed by atoms with van der Waals surface area (Å²) in [5.74, 6) is 0. The van der Waals surface area contributed by atoms with E-state index in [-0.39, 0.29) is 0 Å².